The number of nitrogens with zero attached hydrogens (tertiary/aromatic N) is 1. The average molecular weight is 366 g/mol. The lowest BCUT2D eigenvalue weighted by Gasteiger charge is -2.26. The molecule has 1 aliphatic carbocycles. The number of aromatic amines is 1. The van der Waals surface area contributed by atoms with Gasteiger partial charge in [0.15, 0.2) is 5.69 Å². The van der Waals surface area contributed by atoms with Crippen molar-refractivity contribution in [2.75, 3.05) is 6.54 Å². The van der Waals surface area contributed by atoms with E-state index < -0.39 is 0 Å². The van der Waals surface area contributed by atoms with Crippen LogP contribution in [0.2, 0.25) is 0 Å². The molecule has 8 heteroatoms. The van der Waals surface area contributed by atoms with Crippen molar-refractivity contribution >= 4 is 35.1 Å². The zero-order valence-electron chi connectivity index (χ0n) is 14.0. The molecular weight excluding hydrogens is 342 g/mol. The quantitative estimate of drug-likeness (QED) is 0.642. The van der Waals surface area contributed by atoms with Gasteiger partial charge in [-0.15, -0.1) is 12.4 Å². The molecule has 1 saturated carbocycles. The van der Waals surface area contributed by atoms with Gasteiger partial charge < -0.3 is 16.4 Å². The molecule has 1 aromatic carbocycles. The van der Waals surface area contributed by atoms with Gasteiger partial charge in [-0.2, -0.15) is 5.10 Å². The molecule has 0 saturated heterocycles. The van der Waals surface area contributed by atoms with E-state index in [1.54, 1.807) is 0 Å². The van der Waals surface area contributed by atoms with Gasteiger partial charge >= 0.3 is 0 Å². The van der Waals surface area contributed by atoms with Gasteiger partial charge in [0, 0.05) is 30.4 Å². The highest BCUT2D eigenvalue weighted by Gasteiger charge is 2.20. The number of nitrogens with two attached hydrogens (primary N) is 1. The van der Waals surface area contributed by atoms with Crippen molar-refractivity contribution < 1.29 is 9.59 Å². The van der Waals surface area contributed by atoms with Crippen LogP contribution in [0.15, 0.2) is 24.3 Å². The van der Waals surface area contributed by atoms with Gasteiger partial charge in [0.25, 0.3) is 5.91 Å². The number of rotatable bonds is 5. The Hall–Kier alpha value is -2.12. The van der Waals surface area contributed by atoms with Gasteiger partial charge in [0.1, 0.15) is 0 Å². The number of nitrogens with one attached hydrogen (secondary N) is 3. The van der Waals surface area contributed by atoms with E-state index >= 15 is 0 Å². The number of para-hydroxylation sites is 1. The van der Waals surface area contributed by atoms with E-state index in [0.29, 0.717) is 5.69 Å². The second-order valence-corrected chi connectivity index (χ2v) is 6.30. The smallest absolute Gasteiger partial charge is 0.272 e. The highest BCUT2D eigenvalue weighted by molar-refractivity contribution is 6.04. The van der Waals surface area contributed by atoms with Crippen LogP contribution in [0, 0.1) is 0 Å². The van der Waals surface area contributed by atoms with E-state index in [1.807, 2.05) is 24.3 Å². The first-order valence-electron chi connectivity index (χ1n) is 8.39. The molecule has 0 spiro atoms. The van der Waals surface area contributed by atoms with Crippen LogP contribution in [0.25, 0.3) is 10.9 Å². The van der Waals surface area contributed by atoms with E-state index in [1.165, 1.54) is 0 Å². The van der Waals surface area contributed by atoms with Crippen LogP contribution < -0.4 is 16.4 Å². The zero-order valence-corrected chi connectivity index (χ0v) is 14.8. The van der Waals surface area contributed by atoms with Crippen LogP contribution in [-0.4, -0.2) is 40.6 Å². The predicted molar refractivity (Wildman–Crippen MR) is 98.7 cm³/mol. The number of fused-ring (bicyclic) bond motifs is 1. The van der Waals surface area contributed by atoms with E-state index in [2.05, 4.69) is 20.8 Å². The maximum absolute atomic E-state index is 12.2. The SMILES string of the molecule is Cl.NC1CCC(NC(=O)CCNC(=O)c2n[nH]c3ccccc23)CC1. The largest absolute Gasteiger partial charge is 0.353 e. The van der Waals surface area contributed by atoms with Crippen LogP contribution in [0.4, 0.5) is 0 Å². The molecule has 136 valence electrons. The fourth-order valence-corrected chi connectivity index (χ4v) is 3.07. The van der Waals surface area contributed by atoms with Crippen LogP contribution in [0.1, 0.15) is 42.6 Å². The van der Waals surface area contributed by atoms with Crippen LogP contribution in [0.3, 0.4) is 0 Å². The predicted octanol–water partition coefficient (Wildman–Crippen LogP) is 1.49. The van der Waals surface area contributed by atoms with Gasteiger partial charge in [-0.05, 0) is 31.7 Å². The van der Waals surface area contributed by atoms with Crippen molar-refractivity contribution in [1.29, 1.82) is 0 Å². The summed E-state index contributed by atoms with van der Waals surface area (Å²) in [4.78, 5) is 24.1. The number of carbonyl (C=O) groups excluding carboxylic acids is 2. The van der Waals surface area contributed by atoms with Crippen molar-refractivity contribution in [1.82, 2.24) is 20.8 Å². The molecule has 3 rings (SSSR count). The third-order valence-corrected chi connectivity index (χ3v) is 4.46. The number of aromatic nitrogens is 2. The first-order chi connectivity index (χ1) is 11.6. The molecule has 2 amide bonds. The summed E-state index contributed by atoms with van der Waals surface area (Å²) in [6.07, 6.45) is 4.02. The Morgan fingerprint density at radius 3 is 2.68 bits per heavy atom. The molecule has 2 aromatic rings. The van der Waals surface area contributed by atoms with E-state index in [4.69, 9.17) is 5.73 Å². The minimum atomic E-state index is -0.274. The number of benzene rings is 1. The van der Waals surface area contributed by atoms with Gasteiger partial charge in [-0.1, -0.05) is 18.2 Å². The minimum absolute atomic E-state index is 0. The molecule has 1 fully saturated rings. The summed E-state index contributed by atoms with van der Waals surface area (Å²) >= 11 is 0. The topological polar surface area (TPSA) is 113 Å². The number of amides is 2. The third-order valence-electron chi connectivity index (χ3n) is 4.46. The standard InChI is InChI=1S/C17H23N5O2.ClH/c18-11-5-7-12(8-6-11)20-15(23)9-10-19-17(24)16-13-3-1-2-4-14(13)21-22-16;/h1-4,11-12H,5-10,18H2,(H,19,24)(H,20,23)(H,21,22);1H. The Morgan fingerprint density at radius 1 is 1.20 bits per heavy atom. The summed E-state index contributed by atoms with van der Waals surface area (Å²) in [6.45, 7) is 0.290. The van der Waals surface area contributed by atoms with Gasteiger partial charge in [-0.3, -0.25) is 14.7 Å². The lowest BCUT2D eigenvalue weighted by atomic mass is 9.92. The molecule has 1 heterocycles. The van der Waals surface area contributed by atoms with Crippen molar-refractivity contribution in [3.63, 3.8) is 0 Å². The highest BCUT2D eigenvalue weighted by atomic mass is 35.5. The second kappa shape index (κ2) is 8.82. The first-order valence-corrected chi connectivity index (χ1v) is 8.39. The summed E-state index contributed by atoms with van der Waals surface area (Å²) in [5, 5.41) is 13.4. The summed E-state index contributed by atoms with van der Waals surface area (Å²) in [6, 6.07) is 7.92. The van der Waals surface area contributed by atoms with Gasteiger partial charge in [-0.25, -0.2) is 0 Å². The summed E-state index contributed by atoms with van der Waals surface area (Å²) in [5.41, 5.74) is 7.03. The van der Waals surface area contributed by atoms with E-state index in [9.17, 15) is 9.59 Å². The number of H-pyrrole nitrogens is 1. The number of carbonyl (C=O) groups is 2. The van der Waals surface area contributed by atoms with Gasteiger partial charge in [0.05, 0.1) is 5.52 Å². The third kappa shape index (κ3) is 4.93. The Balaban J connectivity index is 0.00000225. The van der Waals surface area contributed by atoms with Crippen molar-refractivity contribution in [3.05, 3.63) is 30.0 Å². The van der Waals surface area contributed by atoms with Gasteiger partial charge in [0.2, 0.25) is 5.91 Å². The second-order valence-electron chi connectivity index (χ2n) is 6.30. The first kappa shape index (κ1) is 19.2. The maximum Gasteiger partial charge on any atom is 0.272 e. The number of hydrogen-bond donors (Lipinski definition) is 4. The molecule has 0 radical (unpaired) electrons. The Bertz CT molecular complexity index is 725. The Labute approximate surface area is 152 Å². The highest BCUT2D eigenvalue weighted by Crippen LogP contribution is 2.17. The molecule has 0 bridgehead atoms. The molecule has 5 N–H and O–H groups in total. The Morgan fingerprint density at radius 2 is 1.92 bits per heavy atom. The average Bonchev–Trinajstić information content (AvgIpc) is 3.01. The van der Waals surface area contributed by atoms with Crippen molar-refractivity contribution in [3.8, 4) is 0 Å². The van der Waals surface area contributed by atoms with E-state index in [-0.39, 0.29) is 49.3 Å². The van der Waals surface area contributed by atoms with Crippen LogP contribution in [-0.2, 0) is 4.79 Å². The molecule has 0 unspecified atom stereocenters. The number of halogens is 1. The summed E-state index contributed by atoms with van der Waals surface area (Å²) in [7, 11) is 0. The Kier molecular flexibility index (Phi) is 6.78. The molecule has 1 aromatic heterocycles. The summed E-state index contributed by atoms with van der Waals surface area (Å²) < 4.78 is 0. The number of hydrogen-bond acceptors (Lipinski definition) is 4. The monoisotopic (exact) mass is 365 g/mol. The zero-order chi connectivity index (χ0) is 16.9. The van der Waals surface area contributed by atoms with E-state index in [0.717, 1.165) is 36.6 Å². The van der Waals surface area contributed by atoms with Crippen molar-refractivity contribution in [2.24, 2.45) is 5.73 Å². The van der Waals surface area contributed by atoms with Crippen molar-refractivity contribution in [2.45, 2.75) is 44.2 Å². The molecule has 7 nitrogen and oxygen atoms in total. The van der Waals surface area contributed by atoms with Crippen LogP contribution in [0.5, 0.6) is 0 Å². The molecular formula is C17H24ClN5O2. The molecule has 0 atom stereocenters. The fraction of sp³-hybridized carbons (Fsp3) is 0.471. The molecule has 25 heavy (non-hydrogen) atoms. The molecule has 1 aliphatic rings. The lowest BCUT2D eigenvalue weighted by molar-refractivity contribution is -0.121. The maximum atomic E-state index is 12.2. The minimum Gasteiger partial charge on any atom is -0.353 e. The lowest BCUT2D eigenvalue weighted by Crippen LogP contribution is -2.41. The fourth-order valence-electron chi connectivity index (χ4n) is 3.07. The van der Waals surface area contributed by atoms with Crippen LogP contribution >= 0.6 is 12.4 Å². The normalized spacial score (nSPS) is 19.9. The molecule has 0 aliphatic heterocycles. The summed E-state index contributed by atoms with van der Waals surface area (Å²) in [5.74, 6) is -0.313.